The summed E-state index contributed by atoms with van der Waals surface area (Å²) < 4.78 is 5.60. The van der Waals surface area contributed by atoms with Crippen molar-refractivity contribution in [3.63, 3.8) is 0 Å². The smallest absolute Gasteiger partial charge is 0.272 e. The maximum absolute atomic E-state index is 12.1. The van der Waals surface area contributed by atoms with Crippen molar-refractivity contribution in [1.29, 1.82) is 0 Å². The number of carbonyl (C=O) groups excluding carboxylic acids is 1. The summed E-state index contributed by atoms with van der Waals surface area (Å²) in [5.74, 6) is 0.510. The van der Waals surface area contributed by atoms with Gasteiger partial charge in [0.25, 0.3) is 11.6 Å². The second-order valence-electron chi connectivity index (χ2n) is 5.69. The van der Waals surface area contributed by atoms with E-state index >= 15 is 0 Å². The molecule has 7 nitrogen and oxygen atoms in total. The highest BCUT2D eigenvalue weighted by molar-refractivity contribution is 6.33. The van der Waals surface area contributed by atoms with Crippen LogP contribution in [0.1, 0.15) is 21.7 Å². The van der Waals surface area contributed by atoms with Gasteiger partial charge in [0.15, 0.2) is 0 Å². The van der Waals surface area contributed by atoms with E-state index < -0.39 is 10.8 Å². The Morgan fingerprint density at radius 2 is 1.93 bits per heavy atom. The second-order valence-corrected chi connectivity index (χ2v) is 6.10. The Morgan fingerprint density at radius 3 is 2.59 bits per heavy atom. The highest BCUT2D eigenvalue weighted by atomic mass is 35.5. The molecule has 1 aromatic heterocycles. The van der Waals surface area contributed by atoms with E-state index in [0.29, 0.717) is 27.7 Å². The van der Waals surface area contributed by atoms with Crippen molar-refractivity contribution < 1.29 is 14.1 Å². The minimum atomic E-state index is -0.465. The van der Waals surface area contributed by atoms with Crippen LogP contribution in [-0.4, -0.2) is 17.0 Å². The van der Waals surface area contributed by atoms with Crippen molar-refractivity contribution in [2.75, 3.05) is 0 Å². The molecule has 0 bridgehead atoms. The molecule has 1 amide bonds. The number of non-ortho nitro benzene ring substituents is 1. The molecule has 27 heavy (non-hydrogen) atoms. The van der Waals surface area contributed by atoms with Crippen molar-refractivity contribution in [2.24, 2.45) is 5.10 Å². The van der Waals surface area contributed by atoms with Gasteiger partial charge in [-0.25, -0.2) is 5.43 Å². The number of nitrogens with zero attached hydrogens (tertiary/aromatic N) is 2. The summed E-state index contributed by atoms with van der Waals surface area (Å²) in [6, 6.07) is 14.5. The van der Waals surface area contributed by atoms with Crippen LogP contribution >= 0.6 is 11.6 Å². The van der Waals surface area contributed by atoms with Crippen LogP contribution in [0.5, 0.6) is 0 Å². The quantitative estimate of drug-likeness (QED) is 0.396. The molecule has 0 spiro atoms. The fourth-order valence-electron chi connectivity index (χ4n) is 2.34. The monoisotopic (exact) mass is 383 g/mol. The normalized spacial score (nSPS) is 10.9. The van der Waals surface area contributed by atoms with Gasteiger partial charge in [-0.15, -0.1) is 0 Å². The maximum atomic E-state index is 12.1. The largest absolute Gasteiger partial charge is 0.455 e. The highest BCUT2D eigenvalue weighted by Gasteiger charge is 2.10. The number of carbonyl (C=O) groups is 1. The molecule has 3 aromatic rings. The van der Waals surface area contributed by atoms with Crippen LogP contribution in [0.3, 0.4) is 0 Å². The van der Waals surface area contributed by atoms with E-state index in [1.165, 1.54) is 18.3 Å². The first kappa shape index (κ1) is 18.3. The molecular formula is C19H14ClN3O4. The van der Waals surface area contributed by atoms with Crippen molar-refractivity contribution in [3.8, 4) is 11.3 Å². The zero-order valence-electron chi connectivity index (χ0n) is 14.2. The topological polar surface area (TPSA) is 97.7 Å². The van der Waals surface area contributed by atoms with Crippen LogP contribution in [0.15, 0.2) is 64.1 Å². The summed E-state index contributed by atoms with van der Waals surface area (Å²) in [7, 11) is 0. The van der Waals surface area contributed by atoms with Gasteiger partial charge in [-0.3, -0.25) is 14.9 Å². The Balaban J connectivity index is 1.66. The molecule has 136 valence electrons. The van der Waals surface area contributed by atoms with E-state index in [4.69, 9.17) is 16.0 Å². The number of aryl methyl sites for hydroxylation is 1. The number of halogens is 1. The number of benzene rings is 2. The summed E-state index contributed by atoms with van der Waals surface area (Å²) in [6.07, 6.45) is 1.36. The lowest BCUT2D eigenvalue weighted by Crippen LogP contribution is -2.18. The first-order valence-corrected chi connectivity index (χ1v) is 8.26. The molecule has 8 heteroatoms. The van der Waals surface area contributed by atoms with Gasteiger partial charge in [-0.2, -0.15) is 5.10 Å². The highest BCUT2D eigenvalue weighted by Crippen LogP contribution is 2.24. The number of hydrazone groups is 1. The third-order valence-electron chi connectivity index (χ3n) is 3.72. The molecule has 3 rings (SSSR count). The number of nitro groups is 1. The fraction of sp³-hybridized carbons (Fsp3) is 0.0526. The standard InChI is InChI=1S/C19H14ClN3O4/c1-12-2-8-16(17(20)10-12)19(24)22-21-11-15-7-9-18(27-15)13-3-5-14(6-4-13)23(25)26/h2-11H,1H3,(H,22,24). The predicted molar refractivity (Wildman–Crippen MR) is 102 cm³/mol. The molecule has 0 saturated heterocycles. The molecule has 0 aliphatic carbocycles. The molecule has 0 atom stereocenters. The SMILES string of the molecule is Cc1ccc(C(=O)NN=Cc2ccc(-c3ccc([N+](=O)[O-])cc3)o2)c(Cl)c1. The number of nitro benzene ring substituents is 1. The van der Waals surface area contributed by atoms with Crippen LogP contribution in [0.2, 0.25) is 5.02 Å². The van der Waals surface area contributed by atoms with Crippen LogP contribution in [0.4, 0.5) is 5.69 Å². The van der Waals surface area contributed by atoms with Crippen molar-refractivity contribution >= 4 is 29.4 Å². The number of rotatable bonds is 5. The van der Waals surface area contributed by atoms with Gasteiger partial charge in [0, 0.05) is 17.7 Å². The predicted octanol–water partition coefficient (Wildman–Crippen LogP) is 4.58. The van der Waals surface area contributed by atoms with Crippen LogP contribution in [0.25, 0.3) is 11.3 Å². The molecular weight excluding hydrogens is 370 g/mol. The molecule has 1 N–H and O–H groups in total. The zero-order chi connectivity index (χ0) is 19.4. The Bertz CT molecular complexity index is 1030. The van der Waals surface area contributed by atoms with E-state index in [1.807, 2.05) is 6.92 Å². The van der Waals surface area contributed by atoms with E-state index in [2.05, 4.69) is 10.5 Å². The van der Waals surface area contributed by atoms with Crippen LogP contribution in [0, 0.1) is 17.0 Å². The Kier molecular flexibility index (Phi) is 5.33. The second kappa shape index (κ2) is 7.84. The number of nitrogens with one attached hydrogen (secondary N) is 1. The first-order valence-electron chi connectivity index (χ1n) is 7.88. The number of hydrogen-bond acceptors (Lipinski definition) is 5. The van der Waals surface area contributed by atoms with Crippen LogP contribution < -0.4 is 5.43 Å². The van der Waals surface area contributed by atoms with Crippen molar-refractivity contribution in [3.05, 3.63) is 86.6 Å². The van der Waals surface area contributed by atoms with E-state index in [9.17, 15) is 14.9 Å². The summed E-state index contributed by atoms with van der Waals surface area (Å²) in [6.45, 7) is 1.88. The van der Waals surface area contributed by atoms with Crippen LogP contribution in [-0.2, 0) is 0 Å². The van der Waals surface area contributed by atoms with Gasteiger partial charge in [0.2, 0.25) is 0 Å². The van der Waals surface area contributed by atoms with Gasteiger partial charge < -0.3 is 4.42 Å². The minimum Gasteiger partial charge on any atom is -0.455 e. The minimum absolute atomic E-state index is 0.00423. The lowest BCUT2D eigenvalue weighted by atomic mass is 10.1. The van der Waals surface area contributed by atoms with E-state index in [-0.39, 0.29) is 5.69 Å². The third kappa shape index (κ3) is 4.39. The number of hydrogen-bond donors (Lipinski definition) is 1. The lowest BCUT2D eigenvalue weighted by Gasteiger charge is -2.03. The lowest BCUT2D eigenvalue weighted by molar-refractivity contribution is -0.384. The van der Waals surface area contributed by atoms with Gasteiger partial charge in [-0.05, 0) is 48.9 Å². The molecule has 0 saturated carbocycles. The summed E-state index contributed by atoms with van der Waals surface area (Å²) in [4.78, 5) is 22.3. The fourth-order valence-corrected chi connectivity index (χ4v) is 2.66. The van der Waals surface area contributed by atoms with Crippen molar-refractivity contribution in [1.82, 2.24) is 5.43 Å². The summed E-state index contributed by atoms with van der Waals surface area (Å²) in [5.41, 5.74) is 4.36. The van der Waals surface area contributed by atoms with Gasteiger partial charge >= 0.3 is 0 Å². The van der Waals surface area contributed by atoms with Gasteiger partial charge in [0.1, 0.15) is 11.5 Å². The molecule has 2 aromatic carbocycles. The summed E-state index contributed by atoms with van der Waals surface area (Å²) in [5, 5.41) is 14.9. The molecule has 0 unspecified atom stereocenters. The van der Waals surface area contributed by atoms with E-state index in [1.54, 1.807) is 42.5 Å². The van der Waals surface area contributed by atoms with Gasteiger partial charge in [0.05, 0.1) is 21.7 Å². The van der Waals surface area contributed by atoms with E-state index in [0.717, 1.165) is 5.56 Å². The van der Waals surface area contributed by atoms with Crippen molar-refractivity contribution in [2.45, 2.75) is 6.92 Å². The zero-order valence-corrected chi connectivity index (χ0v) is 14.9. The number of furan rings is 1. The molecule has 0 aliphatic heterocycles. The maximum Gasteiger partial charge on any atom is 0.272 e. The third-order valence-corrected chi connectivity index (χ3v) is 4.03. The first-order chi connectivity index (χ1) is 12.9. The average Bonchev–Trinajstić information content (AvgIpc) is 3.10. The Morgan fingerprint density at radius 1 is 1.19 bits per heavy atom. The molecule has 0 radical (unpaired) electrons. The molecule has 1 heterocycles. The summed E-state index contributed by atoms with van der Waals surface area (Å²) >= 11 is 6.05. The Labute approximate surface area is 159 Å². The molecule has 0 aliphatic rings. The van der Waals surface area contributed by atoms with Gasteiger partial charge in [-0.1, -0.05) is 17.7 Å². The molecule has 0 fully saturated rings. The number of amides is 1. The Hall–Kier alpha value is -3.45. The average molecular weight is 384 g/mol.